The van der Waals surface area contributed by atoms with Gasteiger partial charge in [0.05, 0.1) is 12.1 Å². The van der Waals surface area contributed by atoms with Crippen LogP contribution in [0.5, 0.6) is 0 Å². The molecule has 3 heteroatoms. The zero-order valence-corrected chi connectivity index (χ0v) is 12.8. The van der Waals surface area contributed by atoms with Crippen molar-refractivity contribution in [3.63, 3.8) is 0 Å². The summed E-state index contributed by atoms with van der Waals surface area (Å²) in [7, 11) is 0. The van der Waals surface area contributed by atoms with Gasteiger partial charge in [-0.3, -0.25) is 0 Å². The van der Waals surface area contributed by atoms with E-state index in [0.29, 0.717) is 0 Å². The summed E-state index contributed by atoms with van der Waals surface area (Å²) in [6.07, 6.45) is 7.63. The van der Waals surface area contributed by atoms with Crippen LogP contribution in [0.4, 0.5) is 5.69 Å². The first kappa shape index (κ1) is 13.4. The fraction of sp³-hybridized carbons (Fsp3) is 0.625. The van der Waals surface area contributed by atoms with Crippen molar-refractivity contribution >= 4 is 21.6 Å². The third kappa shape index (κ3) is 3.14. The van der Waals surface area contributed by atoms with Gasteiger partial charge in [-0.05, 0) is 61.8 Å². The minimum atomic E-state index is -0.0979. The summed E-state index contributed by atoms with van der Waals surface area (Å²) >= 11 is 3.46. The van der Waals surface area contributed by atoms with E-state index < -0.39 is 0 Å². The molecule has 2 N–H and O–H groups in total. The van der Waals surface area contributed by atoms with Gasteiger partial charge in [-0.2, -0.15) is 0 Å². The molecule has 2 unspecified atom stereocenters. The molecular weight excluding hydrogens is 302 g/mol. The second kappa shape index (κ2) is 5.45. The van der Waals surface area contributed by atoms with Gasteiger partial charge in [0.25, 0.3) is 0 Å². The molecule has 2 aliphatic carbocycles. The Morgan fingerprint density at radius 1 is 1.16 bits per heavy atom. The molecule has 19 heavy (non-hydrogen) atoms. The summed E-state index contributed by atoms with van der Waals surface area (Å²) in [6.45, 7) is 0.242. The van der Waals surface area contributed by atoms with E-state index in [1.807, 2.05) is 0 Å². The Bertz CT molecular complexity index is 429. The van der Waals surface area contributed by atoms with Crippen LogP contribution in [0.3, 0.4) is 0 Å². The van der Waals surface area contributed by atoms with Crippen LogP contribution < -0.4 is 5.32 Å². The van der Waals surface area contributed by atoms with E-state index in [9.17, 15) is 5.11 Å². The second-order valence-corrected chi connectivity index (χ2v) is 7.18. The summed E-state index contributed by atoms with van der Waals surface area (Å²) in [5.74, 6) is 1.77. The predicted octanol–water partition coefficient (Wildman–Crippen LogP) is 4.19. The molecule has 2 saturated carbocycles. The number of aliphatic hydroxyl groups excluding tert-OH is 1. The monoisotopic (exact) mass is 323 g/mol. The molecule has 0 spiro atoms. The molecule has 1 aromatic rings. The van der Waals surface area contributed by atoms with E-state index in [1.54, 1.807) is 0 Å². The van der Waals surface area contributed by atoms with E-state index in [4.69, 9.17) is 0 Å². The predicted molar refractivity (Wildman–Crippen MR) is 82.3 cm³/mol. The molecule has 0 radical (unpaired) electrons. The van der Waals surface area contributed by atoms with Crippen molar-refractivity contribution < 1.29 is 5.11 Å². The van der Waals surface area contributed by atoms with E-state index >= 15 is 0 Å². The molecule has 0 amide bonds. The maximum Gasteiger partial charge on any atom is 0.0661 e. The van der Waals surface area contributed by atoms with E-state index in [-0.39, 0.29) is 12.1 Å². The number of rotatable bonds is 4. The van der Waals surface area contributed by atoms with Crippen LogP contribution in [0.2, 0.25) is 0 Å². The van der Waals surface area contributed by atoms with Crippen molar-refractivity contribution in [2.45, 2.75) is 44.1 Å². The Morgan fingerprint density at radius 2 is 1.89 bits per heavy atom. The molecule has 0 aliphatic heterocycles. The summed E-state index contributed by atoms with van der Waals surface area (Å²) in [5, 5.41) is 13.5. The number of hydrogen-bond acceptors (Lipinski definition) is 2. The van der Waals surface area contributed by atoms with Crippen LogP contribution in [-0.4, -0.2) is 17.3 Å². The minimum absolute atomic E-state index is 0.0979. The fourth-order valence-corrected chi connectivity index (χ4v) is 3.78. The lowest BCUT2D eigenvalue weighted by Gasteiger charge is -2.41. The Morgan fingerprint density at radius 3 is 2.53 bits per heavy atom. The van der Waals surface area contributed by atoms with E-state index in [1.165, 1.54) is 25.7 Å². The van der Waals surface area contributed by atoms with Crippen molar-refractivity contribution in [3.05, 3.63) is 28.7 Å². The molecular formula is C16H22BrNO. The van der Waals surface area contributed by atoms with Gasteiger partial charge in [0, 0.05) is 10.2 Å². The topological polar surface area (TPSA) is 32.3 Å². The zero-order valence-electron chi connectivity index (χ0n) is 11.2. The third-order valence-corrected chi connectivity index (χ3v) is 5.26. The maximum absolute atomic E-state index is 9.91. The Hall–Kier alpha value is -0.540. The molecule has 0 bridgehead atoms. The molecule has 0 heterocycles. The van der Waals surface area contributed by atoms with Gasteiger partial charge < -0.3 is 10.4 Å². The first-order valence-corrected chi connectivity index (χ1v) is 8.15. The smallest absolute Gasteiger partial charge is 0.0661 e. The van der Waals surface area contributed by atoms with Crippen LogP contribution >= 0.6 is 15.9 Å². The zero-order chi connectivity index (χ0) is 13.3. The molecule has 0 aromatic heterocycles. The number of hydrogen-bond donors (Lipinski definition) is 2. The summed E-state index contributed by atoms with van der Waals surface area (Å²) in [5.41, 5.74) is 1.02. The lowest BCUT2D eigenvalue weighted by atomic mass is 9.74. The third-order valence-electron chi connectivity index (χ3n) is 4.73. The molecule has 104 valence electrons. The highest BCUT2D eigenvalue weighted by molar-refractivity contribution is 9.10. The summed E-state index contributed by atoms with van der Waals surface area (Å²) in [4.78, 5) is 0. The first-order chi connectivity index (χ1) is 9.21. The van der Waals surface area contributed by atoms with Crippen LogP contribution in [0.1, 0.15) is 38.5 Å². The van der Waals surface area contributed by atoms with Gasteiger partial charge in [0.2, 0.25) is 0 Å². The van der Waals surface area contributed by atoms with Gasteiger partial charge >= 0.3 is 0 Å². The van der Waals surface area contributed by atoms with Gasteiger partial charge in [-0.1, -0.05) is 28.8 Å². The van der Waals surface area contributed by atoms with Crippen molar-refractivity contribution in [2.75, 3.05) is 11.9 Å². The molecule has 1 aromatic carbocycles. The number of nitrogens with one attached hydrogen (secondary N) is 1. The van der Waals surface area contributed by atoms with Gasteiger partial charge in [-0.15, -0.1) is 0 Å². The van der Waals surface area contributed by atoms with Crippen molar-refractivity contribution in [2.24, 2.45) is 11.8 Å². The average molecular weight is 324 g/mol. The molecule has 2 fully saturated rings. The van der Waals surface area contributed by atoms with Crippen LogP contribution in [0.25, 0.3) is 0 Å². The molecule has 2 atom stereocenters. The summed E-state index contributed by atoms with van der Waals surface area (Å²) in [6, 6.07) is 8.27. The number of halogens is 1. The molecule has 3 rings (SSSR count). The Balaban J connectivity index is 1.72. The van der Waals surface area contributed by atoms with Crippen molar-refractivity contribution in [3.8, 4) is 0 Å². The standard InChI is InChI=1S/C16H22BrNO/c17-14-5-7-15(8-6-14)18-16(11-19)9-1-2-13(10-16)12-3-4-12/h5-8,12-13,18-19H,1-4,9-11H2. The number of anilines is 1. The largest absolute Gasteiger partial charge is 0.394 e. The minimum Gasteiger partial charge on any atom is -0.394 e. The Labute approximate surface area is 123 Å². The van der Waals surface area contributed by atoms with Crippen LogP contribution in [0, 0.1) is 11.8 Å². The lowest BCUT2D eigenvalue weighted by molar-refractivity contribution is 0.136. The highest BCUT2D eigenvalue weighted by Gasteiger charge is 2.41. The van der Waals surface area contributed by atoms with E-state index in [0.717, 1.165) is 34.8 Å². The highest BCUT2D eigenvalue weighted by Crippen LogP contribution is 2.47. The van der Waals surface area contributed by atoms with Crippen molar-refractivity contribution in [1.29, 1.82) is 0 Å². The lowest BCUT2D eigenvalue weighted by Crippen LogP contribution is -2.46. The number of aliphatic hydroxyl groups is 1. The summed E-state index contributed by atoms with van der Waals surface area (Å²) < 4.78 is 1.09. The van der Waals surface area contributed by atoms with Crippen LogP contribution in [-0.2, 0) is 0 Å². The van der Waals surface area contributed by atoms with E-state index in [2.05, 4.69) is 45.5 Å². The molecule has 2 aliphatic rings. The molecule has 2 nitrogen and oxygen atoms in total. The number of benzene rings is 1. The highest BCUT2D eigenvalue weighted by atomic mass is 79.9. The first-order valence-electron chi connectivity index (χ1n) is 7.35. The SMILES string of the molecule is OCC1(Nc2ccc(Br)cc2)CCCC(C2CC2)C1. The quantitative estimate of drug-likeness (QED) is 0.870. The van der Waals surface area contributed by atoms with Crippen molar-refractivity contribution in [1.82, 2.24) is 0 Å². The van der Waals surface area contributed by atoms with Crippen LogP contribution in [0.15, 0.2) is 28.7 Å². The molecule has 0 saturated heterocycles. The Kier molecular flexibility index (Phi) is 3.86. The fourth-order valence-electron chi connectivity index (χ4n) is 3.51. The average Bonchev–Trinajstić information content (AvgIpc) is 3.26. The maximum atomic E-state index is 9.91. The van der Waals surface area contributed by atoms with Gasteiger partial charge in [0.15, 0.2) is 0 Å². The van der Waals surface area contributed by atoms with Gasteiger partial charge in [0.1, 0.15) is 0 Å². The normalized spacial score (nSPS) is 31.2. The van der Waals surface area contributed by atoms with Gasteiger partial charge in [-0.25, -0.2) is 0 Å². The second-order valence-electron chi connectivity index (χ2n) is 6.26.